The fraction of sp³-hybridized carbons (Fsp3) is 0.348. The van der Waals surface area contributed by atoms with Gasteiger partial charge in [0.25, 0.3) is 0 Å². The molecule has 0 unspecified atom stereocenters. The minimum Gasteiger partial charge on any atom is -0.338 e. The van der Waals surface area contributed by atoms with Gasteiger partial charge in [-0.25, -0.2) is 4.79 Å². The van der Waals surface area contributed by atoms with Gasteiger partial charge in [0.05, 0.1) is 0 Å². The van der Waals surface area contributed by atoms with Crippen molar-refractivity contribution in [3.63, 3.8) is 0 Å². The molecule has 1 aliphatic carbocycles. The number of nitrogens with one attached hydrogen (secondary N) is 3. The first-order valence-electron chi connectivity index (χ1n) is 10.4. The van der Waals surface area contributed by atoms with Gasteiger partial charge in [-0.3, -0.25) is 9.59 Å². The van der Waals surface area contributed by atoms with Crippen molar-refractivity contribution in [1.82, 2.24) is 10.2 Å². The Kier molecular flexibility index (Phi) is 5.97. The van der Waals surface area contributed by atoms with E-state index in [2.05, 4.69) is 16.0 Å². The van der Waals surface area contributed by atoms with Crippen molar-refractivity contribution in [2.45, 2.75) is 38.8 Å². The summed E-state index contributed by atoms with van der Waals surface area (Å²) in [5.74, 6) is 0.420. The molecule has 2 fully saturated rings. The Labute approximate surface area is 175 Å². The highest BCUT2D eigenvalue weighted by atomic mass is 16.2. The molecule has 0 aromatic heterocycles. The topological polar surface area (TPSA) is 90.5 Å². The molecule has 3 N–H and O–H groups in total. The highest BCUT2D eigenvalue weighted by Crippen LogP contribution is 2.30. The Morgan fingerprint density at radius 1 is 0.967 bits per heavy atom. The molecule has 0 bridgehead atoms. The lowest BCUT2D eigenvalue weighted by Gasteiger charge is -2.16. The number of anilines is 2. The Balaban J connectivity index is 1.24. The molecule has 0 spiro atoms. The average Bonchev–Trinajstić information content (AvgIpc) is 3.52. The zero-order valence-corrected chi connectivity index (χ0v) is 16.8. The predicted octanol–water partition coefficient (Wildman–Crippen LogP) is 3.48. The van der Waals surface area contributed by atoms with Gasteiger partial charge in [-0.05, 0) is 54.7 Å². The molecule has 1 saturated carbocycles. The molecular weight excluding hydrogens is 380 g/mol. The van der Waals surface area contributed by atoms with Crippen LogP contribution in [0.15, 0.2) is 48.5 Å². The molecular formula is C23H26N4O3. The quantitative estimate of drug-likeness (QED) is 0.658. The summed E-state index contributed by atoms with van der Waals surface area (Å²) in [5.41, 5.74) is 3.42. The number of hydrogen-bond donors (Lipinski definition) is 3. The molecule has 2 aromatic rings. The molecule has 2 aromatic carbocycles. The van der Waals surface area contributed by atoms with Crippen LogP contribution in [-0.2, 0) is 22.7 Å². The largest absolute Gasteiger partial charge is 0.338 e. The minimum atomic E-state index is -0.301. The summed E-state index contributed by atoms with van der Waals surface area (Å²) < 4.78 is 0. The maximum atomic E-state index is 12.2. The van der Waals surface area contributed by atoms with E-state index in [0.29, 0.717) is 25.2 Å². The average molecular weight is 406 g/mol. The van der Waals surface area contributed by atoms with Crippen LogP contribution in [-0.4, -0.2) is 29.3 Å². The van der Waals surface area contributed by atoms with E-state index in [1.165, 1.54) is 0 Å². The fourth-order valence-corrected chi connectivity index (χ4v) is 3.51. The Hall–Kier alpha value is -3.35. The van der Waals surface area contributed by atoms with Crippen LogP contribution >= 0.6 is 0 Å². The Bertz CT molecular complexity index is 938. The summed E-state index contributed by atoms with van der Waals surface area (Å²) in [7, 11) is 0. The molecule has 156 valence electrons. The second kappa shape index (κ2) is 8.98. The zero-order valence-electron chi connectivity index (χ0n) is 16.8. The van der Waals surface area contributed by atoms with Crippen LogP contribution in [0, 0.1) is 5.92 Å². The van der Waals surface area contributed by atoms with Crippen LogP contribution in [0.1, 0.15) is 36.8 Å². The third-order valence-electron chi connectivity index (χ3n) is 5.35. The maximum absolute atomic E-state index is 12.2. The van der Waals surface area contributed by atoms with E-state index >= 15 is 0 Å². The molecule has 1 saturated heterocycles. The van der Waals surface area contributed by atoms with Crippen LogP contribution in [0.4, 0.5) is 16.2 Å². The van der Waals surface area contributed by atoms with Gasteiger partial charge in [0, 0.05) is 43.3 Å². The van der Waals surface area contributed by atoms with Crippen molar-refractivity contribution in [3.8, 4) is 0 Å². The summed E-state index contributed by atoms with van der Waals surface area (Å²) in [6.45, 7) is 1.82. The van der Waals surface area contributed by atoms with E-state index in [4.69, 9.17) is 0 Å². The van der Waals surface area contributed by atoms with E-state index in [-0.39, 0.29) is 23.8 Å². The Morgan fingerprint density at radius 2 is 1.67 bits per heavy atom. The van der Waals surface area contributed by atoms with Crippen molar-refractivity contribution in [3.05, 3.63) is 59.7 Å². The SMILES string of the molecule is O=C(NCc1cccc(CN2CCCC2=O)c1)Nc1ccc(NC(=O)C2CC2)cc1. The van der Waals surface area contributed by atoms with E-state index in [1.54, 1.807) is 24.3 Å². The number of rotatable bonds is 7. The predicted molar refractivity (Wildman–Crippen MR) is 115 cm³/mol. The van der Waals surface area contributed by atoms with Gasteiger partial charge in [-0.15, -0.1) is 0 Å². The molecule has 1 heterocycles. The van der Waals surface area contributed by atoms with E-state index in [0.717, 1.165) is 42.6 Å². The van der Waals surface area contributed by atoms with Crippen LogP contribution in [0.5, 0.6) is 0 Å². The summed E-state index contributed by atoms with van der Waals surface area (Å²) in [6, 6.07) is 14.7. The number of carbonyl (C=O) groups excluding carboxylic acids is 3. The molecule has 7 nitrogen and oxygen atoms in total. The second-order valence-electron chi connectivity index (χ2n) is 7.89. The van der Waals surface area contributed by atoms with Gasteiger partial charge in [-0.2, -0.15) is 0 Å². The molecule has 30 heavy (non-hydrogen) atoms. The molecule has 4 amide bonds. The first-order chi connectivity index (χ1) is 14.6. The van der Waals surface area contributed by atoms with Crippen molar-refractivity contribution in [1.29, 1.82) is 0 Å². The molecule has 0 atom stereocenters. The normalized spacial score (nSPS) is 15.7. The molecule has 4 rings (SSSR count). The third-order valence-corrected chi connectivity index (χ3v) is 5.35. The number of urea groups is 1. The van der Waals surface area contributed by atoms with Crippen LogP contribution in [0.25, 0.3) is 0 Å². The fourth-order valence-electron chi connectivity index (χ4n) is 3.51. The van der Waals surface area contributed by atoms with Gasteiger partial charge in [0.1, 0.15) is 0 Å². The van der Waals surface area contributed by atoms with Gasteiger partial charge in [-0.1, -0.05) is 24.3 Å². The highest BCUT2D eigenvalue weighted by Gasteiger charge is 2.29. The second-order valence-corrected chi connectivity index (χ2v) is 7.89. The lowest BCUT2D eigenvalue weighted by Crippen LogP contribution is -2.28. The number of hydrogen-bond acceptors (Lipinski definition) is 3. The smallest absolute Gasteiger partial charge is 0.319 e. The van der Waals surface area contributed by atoms with E-state index in [9.17, 15) is 14.4 Å². The minimum absolute atomic E-state index is 0.0600. The highest BCUT2D eigenvalue weighted by molar-refractivity contribution is 5.94. The summed E-state index contributed by atoms with van der Waals surface area (Å²) >= 11 is 0. The van der Waals surface area contributed by atoms with Crippen molar-refractivity contribution in [2.75, 3.05) is 17.2 Å². The van der Waals surface area contributed by atoms with Gasteiger partial charge < -0.3 is 20.9 Å². The lowest BCUT2D eigenvalue weighted by molar-refractivity contribution is -0.128. The molecule has 2 aliphatic rings. The van der Waals surface area contributed by atoms with Crippen molar-refractivity contribution in [2.24, 2.45) is 5.92 Å². The first kappa shape index (κ1) is 19.9. The lowest BCUT2D eigenvalue weighted by atomic mass is 10.1. The molecule has 7 heteroatoms. The Morgan fingerprint density at radius 3 is 2.33 bits per heavy atom. The number of benzene rings is 2. The number of likely N-dealkylation sites (tertiary alicyclic amines) is 1. The van der Waals surface area contributed by atoms with E-state index in [1.807, 2.05) is 29.2 Å². The van der Waals surface area contributed by atoms with Crippen LogP contribution in [0.2, 0.25) is 0 Å². The number of amides is 4. The summed E-state index contributed by atoms with van der Waals surface area (Å²) in [5, 5.41) is 8.51. The third kappa shape index (κ3) is 5.37. The first-order valence-corrected chi connectivity index (χ1v) is 10.4. The summed E-state index contributed by atoms with van der Waals surface area (Å²) in [4.78, 5) is 37.7. The van der Waals surface area contributed by atoms with Crippen molar-refractivity contribution >= 4 is 29.2 Å². The van der Waals surface area contributed by atoms with Gasteiger partial charge in [0.15, 0.2) is 0 Å². The van der Waals surface area contributed by atoms with Crippen molar-refractivity contribution < 1.29 is 14.4 Å². The van der Waals surface area contributed by atoms with Crippen LogP contribution < -0.4 is 16.0 Å². The zero-order chi connectivity index (χ0) is 20.9. The maximum Gasteiger partial charge on any atom is 0.319 e. The van der Waals surface area contributed by atoms with Gasteiger partial charge >= 0.3 is 6.03 Å². The van der Waals surface area contributed by atoms with Crippen LogP contribution in [0.3, 0.4) is 0 Å². The standard InChI is InChI=1S/C23H26N4O3/c28-21-5-2-12-27(21)15-17-4-1-3-16(13-17)14-24-23(30)26-20-10-8-19(9-11-20)25-22(29)18-6-7-18/h1,3-4,8-11,13,18H,2,5-7,12,14-15H2,(H,25,29)(H2,24,26,30). The number of nitrogens with zero attached hydrogens (tertiary/aromatic N) is 1. The molecule has 0 radical (unpaired) electrons. The van der Waals surface area contributed by atoms with Gasteiger partial charge in [0.2, 0.25) is 11.8 Å². The van der Waals surface area contributed by atoms with E-state index < -0.39 is 0 Å². The number of carbonyl (C=O) groups is 3. The summed E-state index contributed by atoms with van der Waals surface area (Å²) in [6.07, 6.45) is 3.49. The molecule has 1 aliphatic heterocycles. The monoisotopic (exact) mass is 406 g/mol.